The third-order valence-corrected chi connectivity index (χ3v) is 5.28. The number of aromatic amines is 1. The first-order chi connectivity index (χ1) is 16.8. The molecule has 36 heavy (non-hydrogen) atoms. The third kappa shape index (κ3) is 11.3. The lowest BCUT2D eigenvalue weighted by atomic mass is 10.0. The van der Waals surface area contributed by atoms with E-state index in [-0.39, 0.29) is 31.1 Å². The predicted octanol–water partition coefficient (Wildman–Crippen LogP) is -0.224. The van der Waals surface area contributed by atoms with Gasteiger partial charge in [0.25, 0.3) is 0 Å². The maximum atomic E-state index is 13.2. The molecule has 0 aliphatic rings. The molecule has 0 spiro atoms. The van der Waals surface area contributed by atoms with Crippen LogP contribution < -0.4 is 21.7 Å². The number of nitrogens with zero attached hydrogens (tertiary/aromatic N) is 1. The van der Waals surface area contributed by atoms with Crippen LogP contribution in [-0.2, 0) is 30.4 Å². The lowest BCUT2D eigenvalue weighted by Gasteiger charge is -2.25. The summed E-state index contributed by atoms with van der Waals surface area (Å²) < 4.78 is 0. The van der Waals surface area contributed by atoms with Gasteiger partial charge < -0.3 is 36.9 Å². The fraction of sp³-hybridized carbons (Fsp3) is 0.652. The highest BCUT2D eigenvalue weighted by molar-refractivity contribution is 5.94. The van der Waals surface area contributed by atoms with Gasteiger partial charge in [-0.05, 0) is 31.1 Å². The highest BCUT2D eigenvalue weighted by Crippen LogP contribution is 2.09. The van der Waals surface area contributed by atoms with E-state index in [1.165, 1.54) is 12.5 Å². The van der Waals surface area contributed by atoms with Crippen LogP contribution in [0.15, 0.2) is 12.5 Å². The molecule has 4 atom stereocenters. The summed E-state index contributed by atoms with van der Waals surface area (Å²) in [7, 11) is 0. The summed E-state index contributed by atoms with van der Waals surface area (Å²) in [5.41, 5.74) is 6.47. The van der Waals surface area contributed by atoms with Crippen LogP contribution in [0, 0.1) is 11.8 Å². The largest absolute Gasteiger partial charge is 0.481 e. The summed E-state index contributed by atoms with van der Waals surface area (Å²) >= 11 is 0. The third-order valence-electron chi connectivity index (χ3n) is 5.28. The number of aromatic nitrogens is 2. The summed E-state index contributed by atoms with van der Waals surface area (Å²) in [6.45, 7) is 7.38. The van der Waals surface area contributed by atoms with Crippen molar-refractivity contribution in [3.05, 3.63) is 18.2 Å². The number of rotatable bonds is 16. The van der Waals surface area contributed by atoms with E-state index in [1.807, 2.05) is 13.8 Å². The van der Waals surface area contributed by atoms with Crippen molar-refractivity contribution in [2.24, 2.45) is 17.6 Å². The molecule has 1 aromatic rings. The van der Waals surface area contributed by atoms with Crippen LogP contribution in [-0.4, -0.2) is 74.0 Å². The molecule has 0 aliphatic carbocycles. The molecule has 3 amide bonds. The van der Waals surface area contributed by atoms with Crippen molar-refractivity contribution in [3.8, 4) is 0 Å². The molecule has 0 aliphatic heterocycles. The van der Waals surface area contributed by atoms with Crippen molar-refractivity contribution in [1.29, 1.82) is 0 Å². The molecule has 1 rings (SSSR count). The van der Waals surface area contributed by atoms with E-state index in [0.29, 0.717) is 12.1 Å². The molecule has 8 N–H and O–H groups in total. The number of carboxylic acid groups (broad SMARTS) is 2. The van der Waals surface area contributed by atoms with Crippen molar-refractivity contribution in [1.82, 2.24) is 25.9 Å². The molecular weight excluding hydrogens is 472 g/mol. The molecule has 0 saturated heterocycles. The van der Waals surface area contributed by atoms with Gasteiger partial charge in [-0.3, -0.25) is 19.2 Å². The smallest absolute Gasteiger partial charge is 0.326 e. The Hall–Kier alpha value is -3.48. The summed E-state index contributed by atoms with van der Waals surface area (Å²) in [5.74, 6) is -4.48. The number of carbonyl (C=O) groups excluding carboxylic acids is 3. The van der Waals surface area contributed by atoms with E-state index < -0.39 is 60.2 Å². The van der Waals surface area contributed by atoms with E-state index in [9.17, 15) is 29.1 Å². The Morgan fingerprint density at radius 3 is 1.94 bits per heavy atom. The van der Waals surface area contributed by atoms with Gasteiger partial charge in [0.1, 0.15) is 18.1 Å². The summed E-state index contributed by atoms with van der Waals surface area (Å²) in [6, 6.07) is -4.56. The van der Waals surface area contributed by atoms with Gasteiger partial charge in [-0.25, -0.2) is 9.78 Å². The van der Waals surface area contributed by atoms with E-state index >= 15 is 0 Å². The maximum absolute atomic E-state index is 13.2. The number of carbonyl (C=O) groups is 5. The maximum Gasteiger partial charge on any atom is 0.326 e. The Labute approximate surface area is 210 Å². The molecule has 1 heterocycles. The summed E-state index contributed by atoms with van der Waals surface area (Å²) in [4.78, 5) is 68.1. The fourth-order valence-electron chi connectivity index (χ4n) is 3.49. The average Bonchev–Trinajstić information content (AvgIpc) is 3.27. The van der Waals surface area contributed by atoms with Gasteiger partial charge in [-0.2, -0.15) is 0 Å². The van der Waals surface area contributed by atoms with Crippen molar-refractivity contribution >= 4 is 29.7 Å². The molecule has 0 aromatic carbocycles. The Balaban J connectivity index is 3.08. The van der Waals surface area contributed by atoms with Crippen molar-refractivity contribution in [2.45, 2.75) is 84.0 Å². The zero-order chi connectivity index (χ0) is 27.4. The van der Waals surface area contributed by atoms with Gasteiger partial charge in [0.2, 0.25) is 17.7 Å². The zero-order valence-electron chi connectivity index (χ0n) is 21.1. The van der Waals surface area contributed by atoms with Crippen molar-refractivity contribution in [2.75, 3.05) is 0 Å². The normalized spacial score (nSPS) is 14.5. The second kappa shape index (κ2) is 14.8. The van der Waals surface area contributed by atoms with Gasteiger partial charge in [0.05, 0.1) is 12.4 Å². The zero-order valence-corrected chi connectivity index (χ0v) is 21.1. The topological polar surface area (TPSA) is 217 Å². The minimum Gasteiger partial charge on any atom is -0.481 e. The van der Waals surface area contributed by atoms with Gasteiger partial charge in [0.15, 0.2) is 0 Å². The second-order valence-corrected chi connectivity index (χ2v) is 9.60. The number of hydrogen-bond donors (Lipinski definition) is 7. The molecular formula is C23H38N6O7. The van der Waals surface area contributed by atoms with Gasteiger partial charge in [-0.1, -0.05) is 27.7 Å². The molecule has 0 radical (unpaired) electrons. The lowest BCUT2D eigenvalue weighted by molar-refractivity contribution is -0.143. The number of hydrogen-bond acceptors (Lipinski definition) is 7. The van der Waals surface area contributed by atoms with Crippen LogP contribution >= 0.6 is 0 Å². The highest BCUT2D eigenvalue weighted by Gasteiger charge is 2.31. The monoisotopic (exact) mass is 510 g/mol. The first-order valence-corrected chi connectivity index (χ1v) is 11.9. The molecule has 13 nitrogen and oxygen atoms in total. The number of nitrogens with one attached hydrogen (secondary N) is 4. The number of amides is 3. The van der Waals surface area contributed by atoms with E-state index in [1.54, 1.807) is 13.8 Å². The average molecular weight is 511 g/mol. The van der Waals surface area contributed by atoms with Crippen LogP contribution in [0.3, 0.4) is 0 Å². The minimum atomic E-state index is -1.34. The molecule has 0 fully saturated rings. The van der Waals surface area contributed by atoms with Crippen LogP contribution in [0.1, 0.15) is 59.1 Å². The number of H-pyrrole nitrogens is 1. The number of nitrogens with two attached hydrogens (primary N) is 1. The van der Waals surface area contributed by atoms with Crippen molar-refractivity contribution in [3.63, 3.8) is 0 Å². The van der Waals surface area contributed by atoms with E-state index in [0.717, 1.165) is 0 Å². The fourth-order valence-corrected chi connectivity index (χ4v) is 3.49. The lowest BCUT2D eigenvalue weighted by Crippen LogP contribution is -2.57. The number of aliphatic carboxylic acids is 2. The summed E-state index contributed by atoms with van der Waals surface area (Å²) in [5, 5.41) is 25.9. The van der Waals surface area contributed by atoms with Gasteiger partial charge >= 0.3 is 11.9 Å². The minimum absolute atomic E-state index is 0.00431. The second-order valence-electron chi connectivity index (χ2n) is 9.60. The first-order valence-electron chi connectivity index (χ1n) is 11.9. The molecule has 0 saturated carbocycles. The SMILES string of the molecule is CC(C)CC(N)C(=O)NC(Cc1cnc[nH]1)C(=O)NC(CCC(=O)O)C(=O)NC(CC(C)C)C(=O)O. The molecule has 13 heteroatoms. The highest BCUT2D eigenvalue weighted by atomic mass is 16.4. The van der Waals surface area contributed by atoms with E-state index in [4.69, 9.17) is 10.8 Å². The Morgan fingerprint density at radius 1 is 0.889 bits per heavy atom. The van der Waals surface area contributed by atoms with Gasteiger partial charge in [-0.15, -0.1) is 0 Å². The molecule has 0 bridgehead atoms. The number of carboxylic acids is 2. The number of imidazole rings is 1. The molecule has 4 unspecified atom stereocenters. The summed E-state index contributed by atoms with van der Waals surface area (Å²) in [6.07, 6.45) is 2.69. The van der Waals surface area contributed by atoms with E-state index in [2.05, 4.69) is 25.9 Å². The predicted molar refractivity (Wildman–Crippen MR) is 129 cm³/mol. The Kier molecular flexibility index (Phi) is 12.6. The quantitative estimate of drug-likeness (QED) is 0.156. The van der Waals surface area contributed by atoms with Crippen LogP contribution in [0.5, 0.6) is 0 Å². The standard InChI is InChI=1S/C23H38N6O7/c1-12(2)7-15(24)20(32)28-17(9-14-10-25-11-26-14)22(34)27-16(5-6-19(30)31)21(33)29-18(23(35)36)8-13(3)4/h10-13,15-18H,5-9,24H2,1-4H3,(H,25,26)(H,27,34)(H,28,32)(H,29,33)(H,30,31)(H,35,36). The van der Waals surface area contributed by atoms with Gasteiger partial charge in [0, 0.05) is 24.7 Å². The van der Waals surface area contributed by atoms with Crippen LogP contribution in [0.2, 0.25) is 0 Å². The molecule has 1 aromatic heterocycles. The Morgan fingerprint density at radius 2 is 1.44 bits per heavy atom. The van der Waals surface area contributed by atoms with Crippen LogP contribution in [0.25, 0.3) is 0 Å². The van der Waals surface area contributed by atoms with Crippen LogP contribution in [0.4, 0.5) is 0 Å². The Bertz CT molecular complexity index is 888. The van der Waals surface area contributed by atoms with Crippen molar-refractivity contribution < 1.29 is 34.2 Å². The molecule has 202 valence electrons. The first kappa shape index (κ1) is 30.6.